The molecule has 39 heavy (non-hydrogen) atoms. The van der Waals surface area contributed by atoms with Crippen LogP contribution in [0, 0.1) is 28.6 Å². The van der Waals surface area contributed by atoms with Crippen LogP contribution in [0.2, 0.25) is 0 Å². The molecule has 4 aliphatic carbocycles. The maximum absolute atomic E-state index is 12.3. The molecule has 2 fully saturated rings. The summed E-state index contributed by atoms with van der Waals surface area (Å²) >= 11 is 0. The molecule has 0 spiro atoms. The number of aromatic nitrogens is 1. The fourth-order valence-electron chi connectivity index (χ4n) is 8.03. The lowest BCUT2D eigenvalue weighted by atomic mass is 9.47. The van der Waals surface area contributed by atoms with Gasteiger partial charge in [0.2, 0.25) is 0 Å². The molecule has 6 atom stereocenters. The molecular formula is C32H43NO6. The van der Waals surface area contributed by atoms with Gasteiger partial charge in [-0.25, -0.2) is 9.59 Å². The largest absolute Gasteiger partial charge is 0.508 e. The van der Waals surface area contributed by atoms with Crippen LogP contribution in [0.4, 0.5) is 9.59 Å². The van der Waals surface area contributed by atoms with Crippen LogP contribution in [0.25, 0.3) is 5.57 Å². The lowest BCUT2D eigenvalue weighted by Crippen LogP contribution is -2.50. The van der Waals surface area contributed by atoms with Crippen molar-refractivity contribution in [2.75, 3.05) is 13.2 Å². The number of fused-ring (bicyclic) bond motifs is 5. The molecule has 1 aromatic rings. The summed E-state index contributed by atoms with van der Waals surface area (Å²) < 4.78 is 20.8. The molecular weight excluding hydrogens is 494 g/mol. The standard InChI is InChI=1S/C32H43NO6/c1-21(2)38-29(34)36-17-6-18-37-30(35)39-24-12-14-31(3)23(19-24)8-9-25-27-11-10-26(22-7-5-16-33-20-22)32(27,4)15-13-28(25)31/h5,7-8,10,16,20-21,24-25,27-28H,6,9,11-15,17-19H2,1-4H3/t24-,25?,27?,28?,31-,32+/m0/s1. The van der Waals surface area contributed by atoms with Crippen LogP contribution in [-0.2, 0) is 18.9 Å². The highest BCUT2D eigenvalue weighted by Gasteiger charge is 2.57. The zero-order valence-electron chi connectivity index (χ0n) is 23.8. The Labute approximate surface area is 232 Å². The molecule has 2 saturated carbocycles. The van der Waals surface area contributed by atoms with Crippen molar-refractivity contribution < 1.29 is 28.5 Å². The first-order valence-corrected chi connectivity index (χ1v) is 14.7. The monoisotopic (exact) mass is 537 g/mol. The van der Waals surface area contributed by atoms with Crippen LogP contribution >= 0.6 is 0 Å². The van der Waals surface area contributed by atoms with Gasteiger partial charge in [-0.3, -0.25) is 4.98 Å². The highest BCUT2D eigenvalue weighted by Crippen LogP contribution is 2.66. The number of hydrogen-bond acceptors (Lipinski definition) is 7. The van der Waals surface area contributed by atoms with E-state index in [0.717, 1.165) is 32.1 Å². The number of hydrogen-bond donors (Lipinski definition) is 0. The van der Waals surface area contributed by atoms with Crippen LogP contribution in [0.5, 0.6) is 0 Å². The van der Waals surface area contributed by atoms with Crippen molar-refractivity contribution >= 4 is 17.9 Å². The van der Waals surface area contributed by atoms with Gasteiger partial charge < -0.3 is 18.9 Å². The van der Waals surface area contributed by atoms with Crippen molar-refractivity contribution in [3.63, 3.8) is 0 Å². The first-order valence-electron chi connectivity index (χ1n) is 14.7. The van der Waals surface area contributed by atoms with E-state index in [-0.39, 0.29) is 36.3 Å². The minimum atomic E-state index is -0.707. The van der Waals surface area contributed by atoms with Crippen molar-refractivity contribution in [2.24, 2.45) is 28.6 Å². The van der Waals surface area contributed by atoms with Gasteiger partial charge in [-0.05, 0) is 98.2 Å². The molecule has 0 aliphatic heterocycles. The Morgan fingerprint density at radius 2 is 1.77 bits per heavy atom. The predicted octanol–water partition coefficient (Wildman–Crippen LogP) is 7.51. The molecule has 7 heteroatoms. The van der Waals surface area contributed by atoms with Gasteiger partial charge in [0.1, 0.15) is 6.10 Å². The van der Waals surface area contributed by atoms with Crippen molar-refractivity contribution in [3.05, 3.63) is 47.8 Å². The average molecular weight is 538 g/mol. The van der Waals surface area contributed by atoms with Crippen LogP contribution in [0.3, 0.4) is 0 Å². The number of carbonyl (C=O) groups is 2. The molecule has 0 bridgehead atoms. The summed E-state index contributed by atoms with van der Waals surface area (Å²) in [4.78, 5) is 28.1. The third-order valence-electron chi connectivity index (χ3n) is 9.94. The SMILES string of the molecule is CC(C)OC(=O)OCCCOC(=O)O[C@H]1CC[C@@]2(C)C(=CCC3C2CC[C@]2(C)C(c4cccnc4)=CCC32)C1. The highest BCUT2D eigenvalue weighted by molar-refractivity contribution is 5.72. The van der Waals surface area contributed by atoms with E-state index in [1.807, 2.05) is 18.5 Å². The van der Waals surface area contributed by atoms with Gasteiger partial charge in [0.05, 0.1) is 19.3 Å². The third-order valence-corrected chi connectivity index (χ3v) is 9.94. The maximum atomic E-state index is 12.3. The molecule has 0 N–H and O–H groups in total. The zero-order valence-corrected chi connectivity index (χ0v) is 23.8. The quantitative estimate of drug-likeness (QED) is 0.202. The Kier molecular flexibility index (Phi) is 8.06. The Morgan fingerprint density at radius 1 is 1.00 bits per heavy atom. The number of rotatable bonds is 7. The summed E-state index contributed by atoms with van der Waals surface area (Å²) in [6.07, 6.45) is 14.9. The molecule has 1 heterocycles. The summed E-state index contributed by atoms with van der Waals surface area (Å²) in [6, 6.07) is 4.26. The van der Waals surface area contributed by atoms with E-state index in [9.17, 15) is 9.59 Å². The first-order chi connectivity index (χ1) is 18.7. The van der Waals surface area contributed by atoms with Crippen LogP contribution in [0.1, 0.15) is 84.6 Å². The number of pyridine rings is 1. The Balaban J connectivity index is 1.13. The zero-order chi connectivity index (χ0) is 27.6. The lowest BCUT2D eigenvalue weighted by molar-refractivity contribution is -0.0366. The van der Waals surface area contributed by atoms with E-state index in [0.29, 0.717) is 24.2 Å². The molecule has 4 aliphatic rings. The molecule has 212 valence electrons. The molecule has 0 saturated heterocycles. The van der Waals surface area contributed by atoms with Gasteiger partial charge in [-0.1, -0.05) is 37.6 Å². The normalized spacial score (nSPS) is 33.2. The molecule has 1 aromatic heterocycles. The fraction of sp³-hybridized carbons (Fsp3) is 0.656. The molecule has 0 aromatic carbocycles. The fourth-order valence-corrected chi connectivity index (χ4v) is 8.03. The Morgan fingerprint density at radius 3 is 2.51 bits per heavy atom. The summed E-state index contributed by atoms with van der Waals surface area (Å²) in [5, 5.41) is 0. The topological polar surface area (TPSA) is 84.0 Å². The smallest absolute Gasteiger partial charge is 0.434 e. The predicted molar refractivity (Wildman–Crippen MR) is 148 cm³/mol. The minimum absolute atomic E-state index is 0.134. The number of carbonyl (C=O) groups excluding carboxylic acids is 2. The maximum Gasteiger partial charge on any atom is 0.508 e. The average Bonchev–Trinajstić information content (AvgIpc) is 3.26. The van der Waals surface area contributed by atoms with E-state index >= 15 is 0 Å². The van der Waals surface area contributed by atoms with E-state index < -0.39 is 12.3 Å². The summed E-state index contributed by atoms with van der Waals surface area (Å²) in [5.41, 5.74) is 4.64. The highest BCUT2D eigenvalue weighted by atomic mass is 16.7. The third kappa shape index (κ3) is 5.59. The molecule has 0 radical (unpaired) electrons. The van der Waals surface area contributed by atoms with Crippen molar-refractivity contribution in [2.45, 2.75) is 91.3 Å². The van der Waals surface area contributed by atoms with E-state index in [1.165, 1.54) is 29.6 Å². The minimum Gasteiger partial charge on any atom is -0.434 e. The van der Waals surface area contributed by atoms with Gasteiger partial charge in [-0.15, -0.1) is 0 Å². The Bertz CT molecular complexity index is 1110. The first kappa shape index (κ1) is 27.7. The summed E-state index contributed by atoms with van der Waals surface area (Å²) in [5.74, 6) is 2.03. The van der Waals surface area contributed by atoms with Crippen LogP contribution in [0.15, 0.2) is 42.3 Å². The second-order valence-corrected chi connectivity index (χ2v) is 12.5. The van der Waals surface area contributed by atoms with Gasteiger partial charge in [-0.2, -0.15) is 0 Å². The van der Waals surface area contributed by atoms with Gasteiger partial charge in [0, 0.05) is 25.2 Å². The van der Waals surface area contributed by atoms with Gasteiger partial charge in [0.25, 0.3) is 0 Å². The molecule has 7 nitrogen and oxygen atoms in total. The van der Waals surface area contributed by atoms with Crippen molar-refractivity contribution in [3.8, 4) is 0 Å². The van der Waals surface area contributed by atoms with Crippen LogP contribution in [-0.4, -0.2) is 42.7 Å². The second kappa shape index (κ2) is 11.3. The Hall–Kier alpha value is -2.83. The van der Waals surface area contributed by atoms with Crippen molar-refractivity contribution in [1.29, 1.82) is 0 Å². The van der Waals surface area contributed by atoms with Crippen molar-refractivity contribution in [1.82, 2.24) is 4.98 Å². The molecule has 0 amide bonds. The van der Waals surface area contributed by atoms with Gasteiger partial charge in [0.15, 0.2) is 0 Å². The number of ether oxygens (including phenoxy) is 4. The lowest BCUT2D eigenvalue weighted by Gasteiger charge is -2.57. The second-order valence-electron chi connectivity index (χ2n) is 12.5. The summed E-state index contributed by atoms with van der Waals surface area (Å²) in [6.45, 7) is 8.73. The summed E-state index contributed by atoms with van der Waals surface area (Å²) in [7, 11) is 0. The molecule has 5 rings (SSSR count). The van der Waals surface area contributed by atoms with Crippen LogP contribution < -0.4 is 0 Å². The number of nitrogens with zero attached hydrogens (tertiary/aromatic N) is 1. The molecule has 3 unspecified atom stereocenters. The van der Waals surface area contributed by atoms with Gasteiger partial charge >= 0.3 is 12.3 Å². The van der Waals surface area contributed by atoms with E-state index in [2.05, 4.69) is 37.0 Å². The number of allylic oxidation sites excluding steroid dienone is 3. The van der Waals surface area contributed by atoms with E-state index in [4.69, 9.17) is 18.9 Å². The van der Waals surface area contributed by atoms with E-state index in [1.54, 1.807) is 13.8 Å².